The zero-order chi connectivity index (χ0) is 12.4. The van der Waals surface area contributed by atoms with Crippen molar-refractivity contribution in [2.75, 3.05) is 19.8 Å². The van der Waals surface area contributed by atoms with E-state index in [0.29, 0.717) is 0 Å². The molecule has 0 bridgehead atoms. The second-order valence-electron chi connectivity index (χ2n) is 5.52. The predicted octanol–water partition coefficient (Wildman–Crippen LogP) is 2.28. The molecule has 0 saturated carbocycles. The van der Waals surface area contributed by atoms with Crippen LogP contribution in [0.2, 0.25) is 0 Å². The van der Waals surface area contributed by atoms with Gasteiger partial charge >= 0.3 is 0 Å². The smallest absolute Gasteiger partial charge is 0.120 e. The van der Waals surface area contributed by atoms with Crippen LogP contribution in [0, 0.1) is 0 Å². The molecule has 2 aliphatic rings. The third kappa shape index (κ3) is 2.52. The van der Waals surface area contributed by atoms with Gasteiger partial charge in [0.15, 0.2) is 0 Å². The van der Waals surface area contributed by atoms with Gasteiger partial charge < -0.3 is 14.8 Å². The Balaban J connectivity index is 1.76. The molecule has 3 nitrogen and oxygen atoms in total. The molecule has 3 heteroatoms. The van der Waals surface area contributed by atoms with Crippen LogP contribution in [0.15, 0.2) is 18.2 Å². The lowest BCUT2D eigenvalue weighted by atomic mass is 9.96. The molecule has 0 spiro atoms. The highest BCUT2D eigenvalue weighted by Crippen LogP contribution is 2.29. The first-order valence-electron chi connectivity index (χ1n) is 6.84. The zero-order valence-corrected chi connectivity index (χ0v) is 11.0. The molecule has 1 fully saturated rings. The molecular formula is C15H21NO2. The highest BCUT2D eigenvalue weighted by atomic mass is 16.5. The number of fused-ring (bicyclic) bond motifs is 1. The third-order valence-electron chi connectivity index (χ3n) is 3.98. The minimum atomic E-state index is -0.0561. The monoisotopic (exact) mass is 247 g/mol. The molecule has 1 N–H and O–H groups in total. The van der Waals surface area contributed by atoms with Crippen LogP contribution in [-0.2, 0) is 17.7 Å². The summed E-state index contributed by atoms with van der Waals surface area (Å²) in [5, 5.41) is 3.39. The fraction of sp³-hybridized carbons (Fsp3) is 0.600. The molecule has 0 unspecified atom stereocenters. The number of hydrogen-bond acceptors (Lipinski definition) is 3. The summed E-state index contributed by atoms with van der Waals surface area (Å²) in [6.07, 6.45) is 3.06. The second-order valence-corrected chi connectivity index (χ2v) is 5.52. The fourth-order valence-electron chi connectivity index (χ4n) is 2.71. The van der Waals surface area contributed by atoms with E-state index in [4.69, 9.17) is 9.47 Å². The molecule has 2 heterocycles. The summed E-state index contributed by atoms with van der Waals surface area (Å²) >= 11 is 0. The van der Waals surface area contributed by atoms with Gasteiger partial charge in [-0.2, -0.15) is 0 Å². The number of ether oxygens (including phenoxy) is 2. The van der Waals surface area contributed by atoms with Crippen molar-refractivity contribution < 1.29 is 9.47 Å². The van der Waals surface area contributed by atoms with Crippen LogP contribution in [0.25, 0.3) is 0 Å². The van der Waals surface area contributed by atoms with E-state index in [1.807, 2.05) is 0 Å². The van der Waals surface area contributed by atoms with E-state index in [1.165, 1.54) is 11.1 Å². The number of benzene rings is 1. The van der Waals surface area contributed by atoms with Crippen molar-refractivity contribution in [3.05, 3.63) is 29.3 Å². The average Bonchev–Trinajstić information content (AvgIpc) is 2.39. The first kappa shape index (κ1) is 12.0. The van der Waals surface area contributed by atoms with E-state index < -0.39 is 0 Å². The third-order valence-corrected chi connectivity index (χ3v) is 3.98. The van der Waals surface area contributed by atoms with E-state index in [2.05, 4.69) is 30.4 Å². The van der Waals surface area contributed by atoms with Crippen LogP contribution < -0.4 is 10.1 Å². The van der Waals surface area contributed by atoms with Gasteiger partial charge in [-0.25, -0.2) is 0 Å². The normalized spacial score (nSPS) is 22.3. The highest BCUT2D eigenvalue weighted by molar-refractivity contribution is 5.37. The summed E-state index contributed by atoms with van der Waals surface area (Å²) in [5.41, 5.74) is 2.78. The highest BCUT2D eigenvalue weighted by Gasteiger charge is 2.29. The minimum absolute atomic E-state index is 0.0561. The fourth-order valence-corrected chi connectivity index (χ4v) is 2.71. The topological polar surface area (TPSA) is 30.5 Å². The molecule has 0 atom stereocenters. The Labute approximate surface area is 108 Å². The summed E-state index contributed by atoms with van der Waals surface area (Å²) in [4.78, 5) is 0. The van der Waals surface area contributed by atoms with E-state index in [9.17, 15) is 0 Å². The molecule has 0 radical (unpaired) electrons. The van der Waals surface area contributed by atoms with Crippen LogP contribution in [0.5, 0.6) is 5.75 Å². The summed E-state index contributed by atoms with van der Waals surface area (Å²) in [5.74, 6) is 1.01. The van der Waals surface area contributed by atoms with Crippen LogP contribution in [0.4, 0.5) is 0 Å². The maximum atomic E-state index is 6.21. The lowest BCUT2D eigenvalue weighted by Gasteiger charge is -2.34. The maximum absolute atomic E-state index is 6.21. The van der Waals surface area contributed by atoms with Crippen molar-refractivity contribution in [2.24, 2.45) is 0 Å². The molecule has 1 aromatic carbocycles. The Morgan fingerprint density at radius 2 is 2.06 bits per heavy atom. The van der Waals surface area contributed by atoms with Gasteiger partial charge in [-0.1, -0.05) is 6.07 Å². The molecule has 98 valence electrons. The SMILES string of the molecule is CC1(Oc2ccc3c(c2)CCNC3)CCOCC1. The van der Waals surface area contributed by atoms with E-state index in [0.717, 1.165) is 51.3 Å². The molecule has 0 aromatic heterocycles. The Morgan fingerprint density at radius 1 is 1.22 bits per heavy atom. The first-order chi connectivity index (χ1) is 8.75. The Hall–Kier alpha value is -1.06. The van der Waals surface area contributed by atoms with Gasteiger partial charge in [-0.05, 0) is 43.1 Å². The van der Waals surface area contributed by atoms with Gasteiger partial charge in [-0.3, -0.25) is 0 Å². The minimum Gasteiger partial charge on any atom is -0.487 e. The molecular weight excluding hydrogens is 226 g/mol. The van der Waals surface area contributed by atoms with E-state index in [-0.39, 0.29) is 5.60 Å². The van der Waals surface area contributed by atoms with Crippen LogP contribution in [-0.4, -0.2) is 25.4 Å². The summed E-state index contributed by atoms with van der Waals surface area (Å²) in [6.45, 7) is 5.87. The lowest BCUT2D eigenvalue weighted by molar-refractivity contribution is -0.0343. The zero-order valence-electron chi connectivity index (χ0n) is 11.0. The van der Waals surface area contributed by atoms with Crippen molar-refractivity contribution in [3.63, 3.8) is 0 Å². The standard InChI is InChI=1S/C15H21NO2/c1-15(5-8-17-9-6-15)18-14-3-2-13-11-16-7-4-12(13)10-14/h2-3,10,16H,4-9,11H2,1H3. The van der Waals surface area contributed by atoms with Crippen molar-refractivity contribution in [1.29, 1.82) is 0 Å². The van der Waals surface area contributed by atoms with Crippen molar-refractivity contribution in [2.45, 2.75) is 38.3 Å². The number of nitrogens with one attached hydrogen (secondary N) is 1. The quantitative estimate of drug-likeness (QED) is 0.869. The van der Waals surface area contributed by atoms with Gasteiger partial charge in [0.2, 0.25) is 0 Å². The Morgan fingerprint density at radius 3 is 2.89 bits per heavy atom. The van der Waals surface area contributed by atoms with Crippen molar-refractivity contribution in [3.8, 4) is 5.75 Å². The van der Waals surface area contributed by atoms with Gasteiger partial charge in [0.1, 0.15) is 11.4 Å². The van der Waals surface area contributed by atoms with Crippen LogP contribution >= 0.6 is 0 Å². The van der Waals surface area contributed by atoms with Gasteiger partial charge in [0.05, 0.1) is 13.2 Å². The summed E-state index contributed by atoms with van der Waals surface area (Å²) in [7, 11) is 0. The summed E-state index contributed by atoms with van der Waals surface area (Å²) < 4.78 is 11.6. The maximum Gasteiger partial charge on any atom is 0.120 e. The molecule has 0 amide bonds. The molecule has 18 heavy (non-hydrogen) atoms. The molecule has 3 rings (SSSR count). The Kier molecular flexibility index (Phi) is 3.27. The van der Waals surface area contributed by atoms with Crippen LogP contribution in [0.3, 0.4) is 0 Å². The lowest BCUT2D eigenvalue weighted by Crippen LogP contribution is -2.38. The van der Waals surface area contributed by atoms with Gasteiger partial charge in [-0.15, -0.1) is 0 Å². The van der Waals surface area contributed by atoms with Gasteiger partial charge in [0.25, 0.3) is 0 Å². The van der Waals surface area contributed by atoms with Gasteiger partial charge in [0, 0.05) is 19.4 Å². The van der Waals surface area contributed by atoms with Crippen LogP contribution in [0.1, 0.15) is 30.9 Å². The number of rotatable bonds is 2. The predicted molar refractivity (Wildman–Crippen MR) is 70.9 cm³/mol. The van der Waals surface area contributed by atoms with Crippen molar-refractivity contribution in [1.82, 2.24) is 5.32 Å². The first-order valence-corrected chi connectivity index (χ1v) is 6.84. The molecule has 2 aliphatic heterocycles. The van der Waals surface area contributed by atoms with E-state index >= 15 is 0 Å². The summed E-state index contributed by atoms with van der Waals surface area (Å²) in [6, 6.07) is 6.52. The molecule has 1 aromatic rings. The number of hydrogen-bond donors (Lipinski definition) is 1. The molecule has 1 saturated heterocycles. The van der Waals surface area contributed by atoms with Crippen molar-refractivity contribution >= 4 is 0 Å². The molecule has 0 aliphatic carbocycles. The Bertz CT molecular complexity index is 425. The van der Waals surface area contributed by atoms with E-state index in [1.54, 1.807) is 0 Å². The average molecular weight is 247 g/mol. The largest absolute Gasteiger partial charge is 0.487 e. The second kappa shape index (κ2) is 4.90.